The van der Waals surface area contributed by atoms with Crippen LogP contribution in [-0.4, -0.2) is 28.5 Å². The number of carbonyl (C=O) groups excluding carboxylic acids is 1. The van der Waals surface area contributed by atoms with Crippen molar-refractivity contribution in [3.8, 4) is 0 Å². The number of aryl methyl sites for hydroxylation is 2. The number of nitrogens with zero attached hydrogens (tertiary/aromatic N) is 2. The fourth-order valence-corrected chi connectivity index (χ4v) is 2.52. The molecular formula is C15H24ClN3O. The van der Waals surface area contributed by atoms with Gasteiger partial charge in [0.2, 0.25) is 0 Å². The highest BCUT2D eigenvalue weighted by Gasteiger charge is 2.14. The first-order valence-electron chi connectivity index (χ1n) is 7.29. The molecule has 5 heteroatoms. The molecule has 0 spiro atoms. The minimum Gasteiger partial charge on any atom is -0.352 e. The van der Waals surface area contributed by atoms with Gasteiger partial charge in [0.15, 0.2) is 0 Å². The minimum absolute atomic E-state index is 0.0597. The highest BCUT2D eigenvalue weighted by molar-refractivity contribution is 6.17. The van der Waals surface area contributed by atoms with E-state index in [0.717, 1.165) is 30.7 Å². The summed E-state index contributed by atoms with van der Waals surface area (Å²) in [4.78, 5) is 12.3. The Morgan fingerprint density at radius 3 is 2.70 bits per heavy atom. The summed E-state index contributed by atoms with van der Waals surface area (Å²) >= 11 is 5.80. The highest BCUT2D eigenvalue weighted by atomic mass is 35.5. The van der Waals surface area contributed by atoms with Gasteiger partial charge < -0.3 is 5.32 Å². The van der Waals surface area contributed by atoms with Crippen LogP contribution >= 0.6 is 11.6 Å². The van der Waals surface area contributed by atoms with Gasteiger partial charge in [0, 0.05) is 12.4 Å². The SMILES string of the molecule is CCCC(CCCl)CNC(=O)c1cc(C)nnc1CC. The van der Waals surface area contributed by atoms with Crippen molar-refractivity contribution in [3.05, 3.63) is 23.0 Å². The van der Waals surface area contributed by atoms with Crippen LogP contribution in [0.25, 0.3) is 0 Å². The van der Waals surface area contributed by atoms with E-state index in [0.29, 0.717) is 30.3 Å². The Hall–Kier alpha value is -1.16. The molecule has 1 atom stereocenters. The largest absolute Gasteiger partial charge is 0.352 e. The number of alkyl halides is 1. The smallest absolute Gasteiger partial charge is 0.253 e. The number of hydrogen-bond acceptors (Lipinski definition) is 3. The lowest BCUT2D eigenvalue weighted by Crippen LogP contribution is -2.30. The molecule has 112 valence electrons. The lowest BCUT2D eigenvalue weighted by molar-refractivity contribution is 0.0944. The summed E-state index contributed by atoms with van der Waals surface area (Å²) in [7, 11) is 0. The molecule has 0 fully saturated rings. The van der Waals surface area contributed by atoms with E-state index in [1.54, 1.807) is 6.07 Å². The summed E-state index contributed by atoms with van der Waals surface area (Å²) < 4.78 is 0. The second kappa shape index (κ2) is 8.90. The molecule has 0 aromatic carbocycles. The van der Waals surface area contributed by atoms with Gasteiger partial charge in [-0.15, -0.1) is 11.6 Å². The maximum absolute atomic E-state index is 12.3. The van der Waals surface area contributed by atoms with E-state index < -0.39 is 0 Å². The maximum Gasteiger partial charge on any atom is 0.253 e. The molecule has 0 bridgehead atoms. The zero-order chi connectivity index (χ0) is 15.0. The van der Waals surface area contributed by atoms with Crippen LogP contribution in [0.2, 0.25) is 0 Å². The van der Waals surface area contributed by atoms with Gasteiger partial charge in [0.05, 0.1) is 17.0 Å². The Kier molecular flexibility index (Phi) is 7.52. The average molecular weight is 298 g/mol. The molecule has 0 aliphatic carbocycles. The van der Waals surface area contributed by atoms with Crippen molar-refractivity contribution < 1.29 is 4.79 Å². The molecule has 0 saturated heterocycles. The Morgan fingerprint density at radius 2 is 2.10 bits per heavy atom. The van der Waals surface area contributed by atoms with Crippen molar-refractivity contribution in [3.63, 3.8) is 0 Å². The highest BCUT2D eigenvalue weighted by Crippen LogP contribution is 2.12. The Morgan fingerprint density at radius 1 is 1.35 bits per heavy atom. The zero-order valence-corrected chi connectivity index (χ0v) is 13.3. The first-order valence-corrected chi connectivity index (χ1v) is 7.83. The first-order chi connectivity index (χ1) is 9.62. The van der Waals surface area contributed by atoms with E-state index in [2.05, 4.69) is 22.4 Å². The molecule has 1 aromatic rings. The quantitative estimate of drug-likeness (QED) is 0.750. The summed E-state index contributed by atoms with van der Waals surface area (Å²) in [6.07, 6.45) is 3.83. The fraction of sp³-hybridized carbons (Fsp3) is 0.667. The normalized spacial score (nSPS) is 12.2. The standard InChI is InChI=1S/C15H24ClN3O/c1-4-6-12(7-8-16)10-17-15(20)13-9-11(3)18-19-14(13)5-2/h9,12H,4-8,10H2,1-3H3,(H,17,20). The number of amides is 1. The maximum atomic E-state index is 12.3. The van der Waals surface area contributed by atoms with Crippen molar-refractivity contribution in [1.82, 2.24) is 15.5 Å². The minimum atomic E-state index is -0.0597. The Balaban J connectivity index is 2.68. The number of halogens is 1. The van der Waals surface area contributed by atoms with Gasteiger partial charge in [0.1, 0.15) is 0 Å². The monoisotopic (exact) mass is 297 g/mol. The number of rotatable bonds is 8. The molecule has 0 radical (unpaired) electrons. The third-order valence-electron chi connectivity index (χ3n) is 3.34. The van der Waals surface area contributed by atoms with Crippen LogP contribution in [0.1, 0.15) is 54.9 Å². The molecule has 1 amide bonds. The van der Waals surface area contributed by atoms with Crippen LogP contribution in [0.4, 0.5) is 0 Å². The van der Waals surface area contributed by atoms with Crippen molar-refractivity contribution in [2.45, 2.75) is 46.5 Å². The lowest BCUT2D eigenvalue weighted by atomic mass is 10.0. The van der Waals surface area contributed by atoms with Gasteiger partial charge in [-0.1, -0.05) is 20.3 Å². The van der Waals surface area contributed by atoms with Crippen LogP contribution in [0, 0.1) is 12.8 Å². The molecule has 0 aliphatic heterocycles. The van der Waals surface area contributed by atoms with E-state index >= 15 is 0 Å². The third-order valence-corrected chi connectivity index (χ3v) is 3.56. The van der Waals surface area contributed by atoms with Crippen LogP contribution < -0.4 is 5.32 Å². The lowest BCUT2D eigenvalue weighted by Gasteiger charge is -2.16. The van der Waals surface area contributed by atoms with E-state index in [1.807, 2.05) is 13.8 Å². The molecule has 1 N–H and O–H groups in total. The molecule has 4 nitrogen and oxygen atoms in total. The average Bonchev–Trinajstić information content (AvgIpc) is 2.45. The molecule has 0 saturated carbocycles. The second-order valence-electron chi connectivity index (χ2n) is 5.04. The van der Waals surface area contributed by atoms with Gasteiger partial charge in [0.25, 0.3) is 5.91 Å². The zero-order valence-electron chi connectivity index (χ0n) is 12.6. The summed E-state index contributed by atoms with van der Waals surface area (Å²) in [5, 5.41) is 11.1. The summed E-state index contributed by atoms with van der Waals surface area (Å²) in [6.45, 7) is 6.64. The molecular weight excluding hydrogens is 274 g/mol. The van der Waals surface area contributed by atoms with E-state index in [-0.39, 0.29) is 5.91 Å². The van der Waals surface area contributed by atoms with Gasteiger partial charge >= 0.3 is 0 Å². The van der Waals surface area contributed by atoms with Crippen LogP contribution in [0.5, 0.6) is 0 Å². The molecule has 1 rings (SSSR count). The van der Waals surface area contributed by atoms with Crippen molar-refractivity contribution in [2.24, 2.45) is 5.92 Å². The molecule has 0 aliphatic rings. The van der Waals surface area contributed by atoms with E-state index in [9.17, 15) is 4.79 Å². The van der Waals surface area contributed by atoms with Gasteiger partial charge in [-0.25, -0.2) is 0 Å². The topological polar surface area (TPSA) is 54.9 Å². The molecule has 20 heavy (non-hydrogen) atoms. The van der Waals surface area contributed by atoms with Crippen molar-refractivity contribution in [2.75, 3.05) is 12.4 Å². The van der Waals surface area contributed by atoms with Crippen LogP contribution in [0.3, 0.4) is 0 Å². The van der Waals surface area contributed by atoms with E-state index in [1.165, 1.54) is 0 Å². The number of carbonyl (C=O) groups is 1. The molecule has 1 aromatic heterocycles. The molecule has 1 heterocycles. The number of nitrogens with one attached hydrogen (secondary N) is 1. The second-order valence-corrected chi connectivity index (χ2v) is 5.42. The van der Waals surface area contributed by atoms with Gasteiger partial charge in [-0.05, 0) is 38.2 Å². The Bertz CT molecular complexity index is 431. The summed E-state index contributed by atoms with van der Waals surface area (Å²) in [5.74, 6) is 1.02. The predicted octanol–water partition coefficient (Wildman–Crippen LogP) is 3.12. The van der Waals surface area contributed by atoms with Crippen LogP contribution in [0.15, 0.2) is 6.07 Å². The number of aromatic nitrogens is 2. The van der Waals surface area contributed by atoms with Crippen LogP contribution in [-0.2, 0) is 6.42 Å². The van der Waals surface area contributed by atoms with Crippen molar-refractivity contribution >= 4 is 17.5 Å². The van der Waals surface area contributed by atoms with Gasteiger partial charge in [-0.3, -0.25) is 4.79 Å². The number of hydrogen-bond donors (Lipinski definition) is 1. The predicted molar refractivity (Wildman–Crippen MR) is 82.2 cm³/mol. The van der Waals surface area contributed by atoms with E-state index in [4.69, 9.17) is 11.6 Å². The fourth-order valence-electron chi connectivity index (χ4n) is 2.22. The summed E-state index contributed by atoms with van der Waals surface area (Å²) in [6, 6.07) is 1.80. The third kappa shape index (κ3) is 5.08. The molecule has 1 unspecified atom stereocenters. The van der Waals surface area contributed by atoms with Crippen molar-refractivity contribution in [1.29, 1.82) is 0 Å². The Labute approximate surface area is 126 Å². The first kappa shape index (κ1) is 16.9. The summed E-state index contributed by atoms with van der Waals surface area (Å²) in [5.41, 5.74) is 2.15. The van der Waals surface area contributed by atoms with Gasteiger partial charge in [-0.2, -0.15) is 10.2 Å².